The summed E-state index contributed by atoms with van der Waals surface area (Å²) in [5, 5.41) is 15.4. The molecule has 2 N–H and O–H groups in total. The van der Waals surface area contributed by atoms with Crippen molar-refractivity contribution in [2.45, 2.75) is 6.54 Å². The summed E-state index contributed by atoms with van der Waals surface area (Å²) in [6.07, 6.45) is 1.28. The molecule has 7 nitrogen and oxygen atoms in total. The number of hydrogen-bond donors (Lipinski definition) is 2. The Hall–Kier alpha value is -3.75. The smallest absolute Gasteiger partial charge is 0.358 e. The Kier molecular flexibility index (Phi) is 5.35. The van der Waals surface area contributed by atoms with Crippen LogP contribution in [-0.2, 0) is 6.54 Å². The Bertz CT molecular complexity index is 1010. The summed E-state index contributed by atoms with van der Waals surface area (Å²) >= 11 is 0. The molecule has 3 aromatic rings. The van der Waals surface area contributed by atoms with Gasteiger partial charge in [-0.3, -0.25) is 9.48 Å². The zero-order valence-corrected chi connectivity index (χ0v) is 14.6. The standard InChI is InChI=1S/C19H15F2N3O4/c1-28-12-7-5-11(6-8-12)9-24-10-15(17(23-24)19(26)27)22-18(25)16-13(20)3-2-4-14(16)21/h2-8,10H,9H2,1H3,(H,22,25)(H,26,27). The largest absolute Gasteiger partial charge is 0.497 e. The van der Waals surface area contributed by atoms with Crippen molar-refractivity contribution < 1.29 is 28.2 Å². The first-order chi connectivity index (χ1) is 13.4. The second-order valence-electron chi connectivity index (χ2n) is 5.79. The van der Waals surface area contributed by atoms with Crippen LogP contribution in [0.3, 0.4) is 0 Å². The Balaban J connectivity index is 1.86. The first-order valence-electron chi connectivity index (χ1n) is 8.08. The second-order valence-corrected chi connectivity index (χ2v) is 5.79. The van der Waals surface area contributed by atoms with E-state index in [1.165, 1.54) is 18.0 Å². The Morgan fingerprint density at radius 3 is 2.36 bits per heavy atom. The van der Waals surface area contributed by atoms with Gasteiger partial charge < -0.3 is 15.2 Å². The molecule has 144 valence electrons. The van der Waals surface area contributed by atoms with Crippen LogP contribution in [0.1, 0.15) is 26.4 Å². The summed E-state index contributed by atoms with van der Waals surface area (Å²) < 4.78 is 33.9. The summed E-state index contributed by atoms with van der Waals surface area (Å²) in [4.78, 5) is 23.7. The topological polar surface area (TPSA) is 93.5 Å². The molecule has 0 aliphatic carbocycles. The lowest BCUT2D eigenvalue weighted by Crippen LogP contribution is -2.17. The summed E-state index contributed by atoms with van der Waals surface area (Å²) in [6.45, 7) is 0.216. The summed E-state index contributed by atoms with van der Waals surface area (Å²) in [5.74, 6) is -3.95. The van der Waals surface area contributed by atoms with Gasteiger partial charge in [0.05, 0.1) is 19.3 Å². The molecule has 0 saturated carbocycles. The zero-order valence-electron chi connectivity index (χ0n) is 14.6. The van der Waals surface area contributed by atoms with Crippen molar-refractivity contribution in [3.63, 3.8) is 0 Å². The van der Waals surface area contributed by atoms with E-state index in [9.17, 15) is 23.5 Å². The number of carboxylic acids is 1. The van der Waals surface area contributed by atoms with E-state index >= 15 is 0 Å². The van der Waals surface area contributed by atoms with E-state index in [2.05, 4.69) is 10.4 Å². The predicted octanol–water partition coefficient (Wildman–Crippen LogP) is 3.17. The second kappa shape index (κ2) is 7.87. The predicted molar refractivity (Wildman–Crippen MR) is 95.6 cm³/mol. The summed E-state index contributed by atoms with van der Waals surface area (Å²) in [7, 11) is 1.54. The molecule has 28 heavy (non-hydrogen) atoms. The van der Waals surface area contributed by atoms with Gasteiger partial charge in [-0.2, -0.15) is 5.10 Å². The minimum absolute atomic E-state index is 0.173. The minimum atomic E-state index is -1.39. The van der Waals surface area contributed by atoms with E-state index < -0.39 is 34.8 Å². The number of ether oxygens (including phenoxy) is 1. The number of hydrogen-bond acceptors (Lipinski definition) is 4. The number of methoxy groups -OCH3 is 1. The van der Waals surface area contributed by atoms with Gasteiger partial charge in [-0.25, -0.2) is 13.6 Å². The van der Waals surface area contributed by atoms with Gasteiger partial charge >= 0.3 is 5.97 Å². The van der Waals surface area contributed by atoms with E-state index in [0.717, 1.165) is 23.8 Å². The molecule has 0 aliphatic rings. The van der Waals surface area contributed by atoms with Crippen LogP contribution in [0.15, 0.2) is 48.7 Å². The van der Waals surface area contributed by atoms with E-state index in [0.29, 0.717) is 5.75 Å². The number of aromatic nitrogens is 2. The highest BCUT2D eigenvalue weighted by atomic mass is 19.1. The molecular weight excluding hydrogens is 372 g/mol. The van der Waals surface area contributed by atoms with Crippen molar-refractivity contribution in [2.75, 3.05) is 12.4 Å². The number of anilines is 1. The number of aromatic carboxylic acids is 1. The molecule has 0 unspecified atom stereocenters. The van der Waals surface area contributed by atoms with Crippen molar-refractivity contribution in [1.82, 2.24) is 9.78 Å². The van der Waals surface area contributed by atoms with Gasteiger partial charge in [0.15, 0.2) is 5.69 Å². The summed E-state index contributed by atoms with van der Waals surface area (Å²) in [6, 6.07) is 10.0. The highest BCUT2D eigenvalue weighted by molar-refractivity contribution is 6.07. The zero-order chi connectivity index (χ0) is 20.3. The van der Waals surface area contributed by atoms with Gasteiger partial charge in [0, 0.05) is 6.20 Å². The fourth-order valence-corrected chi connectivity index (χ4v) is 2.57. The molecule has 1 aromatic heterocycles. The van der Waals surface area contributed by atoms with E-state index in [1.54, 1.807) is 24.3 Å². The van der Waals surface area contributed by atoms with Crippen molar-refractivity contribution in [3.8, 4) is 5.75 Å². The maximum atomic E-state index is 13.8. The third-order valence-electron chi connectivity index (χ3n) is 3.91. The van der Waals surface area contributed by atoms with Gasteiger partial charge in [0.2, 0.25) is 0 Å². The summed E-state index contributed by atoms with van der Waals surface area (Å²) in [5.41, 5.74) is -0.618. The molecule has 3 rings (SSSR count). The molecule has 1 heterocycles. The van der Waals surface area contributed by atoms with Gasteiger partial charge in [-0.05, 0) is 29.8 Å². The number of benzene rings is 2. The molecule has 0 saturated heterocycles. The molecule has 1 amide bonds. The van der Waals surface area contributed by atoms with Crippen LogP contribution in [0, 0.1) is 11.6 Å². The van der Waals surface area contributed by atoms with E-state index in [4.69, 9.17) is 4.74 Å². The molecule has 0 radical (unpaired) electrons. The van der Waals surface area contributed by atoms with Crippen LogP contribution < -0.4 is 10.1 Å². The van der Waals surface area contributed by atoms with E-state index in [1.807, 2.05) is 0 Å². The van der Waals surface area contributed by atoms with E-state index in [-0.39, 0.29) is 12.2 Å². The third kappa shape index (κ3) is 3.98. The van der Waals surface area contributed by atoms with Crippen LogP contribution in [0.25, 0.3) is 0 Å². The highest BCUT2D eigenvalue weighted by Gasteiger charge is 2.22. The van der Waals surface area contributed by atoms with Crippen LogP contribution in [0.2, 0.25) is 0 Å². The molecular formula is C19H15F2N3O4. The van der Waals surface area contributed by atoms with Crippen LogP contribution in [0.5, 0.6) is 5.75 Å². The van der Waals surface area contributed by atoms with Crippen LogP contribution >= 0.6 is 0 Å². The van der Waals surface area contributed by atoms with Crippen molar-refractivity contribution in [2.24, 2.45) is 0 Å². The molecule has 2 aromatic carbocycles. The normalized spacial score (nSPS) is 10.5. The molecule has 9 heteroatoms. The van der Waals surface area contributed by atoms with Gasteiger partial charge in [0.25, 0.3) is 5.91 Å². The maximum Gasteiger partial charge on any atom is 0.358 e. The molecule has 0 aliphatic heterocycles. The quantitative estimate of drug-likeness (QED) is 0.678. The van der Waals surface area contributed by atoms with Crippen molar-refractivity contribution in [1.29, 1.82) is 0 Å². The first kappa shape index (κ1) is 19.0. The number of carbonyl (C=O) groups excluding carboxylic acids is 1. The van der Waals surface area contributed by atoms with Gasteiger partial charge in [0.1, 0.15) is 22.9 Å². The molecule has 0 fully saturated rings. The fraction of sp³-hybridized carbons (Fsp3) is 0.105. The molecule has 0 bridgehead atoms. The van der Waals surface area contributed by atoms with Crippen molar-refractivity contribution >= 4 is 17.6 Å². The number of carboxylic acid groups (broad SMARTS) is 1. The number of halogens is 2. The maximum absolute atomic E-state index is 13.8. The van der Waals surface area contributed by atoms with Crippen LogP contribution in [0.4, 0.5) is 14.5 Å². The Morgan fingerprint density at radius 2 is 1.79 bits per heavy atom. The number of rotatable bonds is 6. The lowest BCUT2D eigenvalue weighted by Gasteiger charge is -2.06. The number of amides is 1. The Morgan fingerprint density at radius 1 is 1.14 bits per heavy atom. The SMILES string of the molecule is COc1ccc(Cn2cc(NC(=O)c3c(F)cccc3F)c(C(=O)O)n2)cc1. The third-order valence-corrected chi connectivity index (χ3v) is 3.91. The fourth-order valence-electron chi connectivity index (χ4n) is 2.57. The lowest BCUT2D eigenvalue weighted by atomic mass is 10.2. The highest BCUT2D eigenvalue weighted by Crippen LogP contribution is 2.19. The van der Waals surface area contributed by atoms with Crippen molar-refractivity contribution in [3.05, 3.63) is 77.1 Å². The number of nitrogens with zero attached hydrogens (tertiary/aromatic N) is 2. The minimum Gasteiger partial charge on any atom is -0.497 e. The van der Waals surface area contributed by atoms with Crippen LogP contribution in [-0.4, -0.2) is 33.9 Å². The number of carbonyl (C=O) groups is 2. The van der Waals surface area contributed by atoms with Gasteiger partial charge in [-0.1, -0.05) is 18.2 Å². The Labute approximate surface area is 158 Å². The van der Waals surface area contributed by atoms with Gasteiger partial charge in [-0.15, -0.1) is 0 Å². The molecule has 0 atom stereocenters. The first-order valence-corrected chi connectivity index (χ1v) is 8.08. The monoisotopic (exact) mass is 387 g/mol. The average molecular weight is 387 g/mol. The molecule has 0 spiro atoms. The average Bonchev–Trinajstić information content (AvgIpc) is 3.04. The number of nitrogens with one attached hydrogen (secondary N) is 1. The lowest BCUT2D eigenvalue weighted by molar-refractivity contribution is 0.0690.